The van der Waals surface area contributed by atoms with E-state index in [1.807, 2.05) is 121 Å². The fourth-order valence-corrected chi connectivity index (χ4v) is 12.6. The SMILES string of the molecule is CCCCC1=N[N+](Cc2ccccc2)=C(C(=O)O)C1Cc1ccc2nsnc2c1.COC(=O)c1ccc(CC(C(=O)O)c2ccc3nsnc3c2)cc1.COc1ccc(-c2c(C(=O)O)n(Cc3ccc4nsnc4c3)c3c4ccccc4n(C)c23)cc1. The van der Waals surface area contributed by atoms with Crippen molar-refractivity contribution in [2.24, 2.45) is 18.1 Å². The van der Waals surface area contributed by atoms with Gasteiger partial charge >= 0.3 is 29.6 Å². The molecule has 19 nitrogen and oxygen atoms in total. The van der Waals surface area contributed by atoms with Crippen LogP contribution in [0.25, 0.3) is 66.2 Å². The number of nitrogens with zero attached hydrogens (tertiary/aromatic N) is 10. The predicted molar refractivity (Wildman–Crippen MR) is 338 cm³/mol. The summed E-state index contributed by atoms with van der Waals surface area (Å²) in [6.45, 7) is 3.00. The fraction of sp³-hybridized carbons (Fsp3) is 0.200. The Morgan fingerprint density at radius 3 is 1.85 bits per heavy atom. The molecule has 22 heteroatoms. The van der Waals surface area contributed by atoms with Crippen LogP contribution in [-0.2, 0) is 47.3 Å². The summed E-state index contributed by atoms with van der Waals surface area (Å²) in [5, 5.41) is 35.8. The van der Waals surface area contributed by atoms with Gasteiger partial charge in [0.15, 0.2) is 6.54 Å². The van der Waals surface area contributed by atoms with Gasteiger partial charge in [-0.05, 0) is 125 Å². The van der Waals surface area contributed by atoms with Crippen LogP contribution in [0.3, 0.4) is 0 Å². The number of para-hydroxylation sites is 1. The van der Waals surface area contributed by atoms with E-state index in [1.54, 1.807) is 54.3 Å². The van der Waals surface area contributed by atoms with Gasteiger partial charge in [-0.25, -0.2) is 14.4 Å². The number of methoxy groups -OCH3 is 2. The van der Waals surface area contributed by atoms with Crippen molar-refractivity contribution in [3.05, 3.63) is 197 Å². The number of aliphatic carboxylic acids is 2. The molecular weight excluding hydrogens is 1160 g/mol. The van der Waals surface area contributed by atoms with Crippen LogP contribution >= 0.6 is 35.2 Å². The van der Waals surface area contributed by atoms with Gasteiger partial charge in [0.1, 0.15) is 50.5 Å². The van der Waals surface area contributed by atoms with Crippen LogP contribution in [0.5, 0.6) is 5.75 Å². The number of aryl methyl sites for hydroxylation is 1. The zero-order valence-electron chi connectivity index (χ0n) is 47.6. The monoisotopic (exact) mass is 1220 g/mol. The number of rotatable bonds is 18. The Labute approximate surface area is 510 Å². The van der Waals surface area contributed by atoms with Crippen molar-refractivity contribution in [2.45, 2.75) is 58.0 Å². The quantitative estimate of drug-likeness (QED) is 0.0534. The standard InChI is InChI=1S/C26H20N4O3S.C22H22N4O2S.C17H14N2O4S/c1-29-21-6-4-3-5-18(21)23-24(29)22(16-8-10-17(33-2)11-9-16)25(26(31)32)30(23)14-15-7-12-19-20(13-15)28-34-27-19;1-2-3-9-18-17(12-16-10-11-19-20(13-16)25-29-24-19)21(22(27)28)26(23-18)14-15-7-5-4-6-8-15;1-23-17(22)11-4-2-10(3-5-11)8-13(16(20)21)12-6-7-14-15(9-12)19-24-18-14/h3-13H,14H2,1-2H3,(H,31,32);4-8,10-11,13,17H,2-3,9,12,14H2,1H3;2-7,9,13H,8H2,1H3,(H,20,21)/p+1. The first-order valence-corrected chi connectivity index (χ1v) is 30.0. The van der Waals surface area contributed by atoms with Crippen LogP contribution in [0.15, 0.2) is 163 Å². The van der Waals surface area contributed by atoms with Crippen LogP contribution in [0.4, 0.5) is 0 Å². The molecule has 0 bridgehead atoms. The highest BCUT2D eigenvalue weighted by atomic mass is 32.1. The van der Waals surface area contributed by atoms with E-state index in [4.69, 9.17) is 9.84 Å². The highest BCUT2D eigenvalue weighted by Crippen LogP contribution is 2.41. The molecule has 3 N–H and O–H groups in total. The average Bonchev–Trinajstić information content (AvgIpc) is 1.59. The number of aromatic nitrogens is 8. The number of fused-ring (bicyclic) bond motifs is 6. The number of esters is 1. The molecule has 0 saturated heterocycles. The first-order valence-electron chi connectivity index (χ1n) is 27.8. The Bertz CT molecular complexity index is 4590. The van der Waals surface area contributed by atoms with Crippen molar-refractivity contribution in [2.75, 3.05) is 14.2 Å². The van der Waals surface area contributed by atoms with E-state index in [1.165, 1.54) is 30.6 Å². The zero-order chi connectivity index (χ0) is 60.7. The third kappa shape index (κ3) is 12.6. The number of ether oxygens (including phenoxy) is 2. The number of hydrogen-bond acceptors (Lipinski definition) is 16. The highest BCUT2D eigenvalue weighted by Gasteiger charge is 2.42. The van der Waals surface area contributed by atoms with Crippen LogP contribution in [0, 0.1) is 5.92 Å². The number of hydrazone groups is 1. The second kappa shape index (κ2) is 26.2. The van der Waals surface area contributed by atoms with Crippen LogP contribution in [0.1, 0.15) is 80.8 Å². The van der Waals surface area contributed by atoms with Gasteiger partial charge in [0.2, 0.25) is 0 Å². The minimum Gasteiger partial charge on any atom is -0.497 e. The summed E-state index contributed by atoms with van der Waals surface area (Å²) in [5.74, 6) is -3.40. The molecule has 0 radical (unpaired) electrons. The summed E-state index contributed by atoms with van der Waals surface area (Å²) in [5.41, 5.74) is 15.8. The summed E-state index contributed by atoms with van der Waals surface area (Å²) in [6.07, 6.45) is 3.77. The molecule has 6 heterocycles. The van der Waals surface area contributed by atoms with Gasteiger partial charge in [-0.2, -0.15) is 26.2 Å². The van der Waals surface area contributed by atoms with Gasteiger partial charge < -0.3 is 33.9 Å². The maximum Gasteiger partial charge on any atom is 0.399 e. The van der Waals surface area contributed by atoms with Gasteiger partial charge in [0, 0.05) is 30.1 Å². The lowest BCUT2D eigenvalue weighted by atomic mass is 9.88. The molecule has 0 fully saturated rings. The molecule has 438 valence electrons. The van der Waals surface area contributed by atoms with Gasteiger partial charge in [0.05, 0.1) is 83.1 Å². The molecule has 0 aliphatic carbocycles. The van der Waals surface area contributed by atoms with Gasteiger partial charge in [-0.3, -0.25) is 4.79 Å². The first-order chi connectivity index (χ1) is 42.3. The number of carboxylic acids is 3. The lowest BCUT2D eigenvalue weighted by Gasteiger charge is -2.13. The van der Waals surface area contributed by atoms with Crippen molar-refractivity contribution in [3.8, 4) is 16.9 Å². The Balaban J connectivity index is 0.000000137. The maximum absolute atomic E-state index is 12.7. The summed E-state index contributed by atoms with van der Waals surface area (Å²) >= 11 is 3.47. The summed E-state index contributed by atoms with van der Waals surface area (Å²) < 4.78 is 41.1. The highest BCUT2D eigenvalue weighted by molar-refractivity contribution is 7.00. The van der Waals surface area contributed by atoms with Crippen LogP contribution < -0.4 is 4.74 Å². The Morgan fingerprint density at radius 2 is 1.23 bits per heavy atom. The second-order valence-corrected chi connectivity index (χ2v) is 22.4. The lowest BCUT2D eigenvalue weighted by Crippen LogP contribution is -2.32. The molecule has 87 heavy (non-hydrogen) atoms. The van der Waals surface area contributed by atoms with E-state index < -0.39 is 29.8 Å². The normalized spacial score (nSPS) is 13.3. The average molecular weight is 1220 g/mol. The van der Waals surface area contributed by atoms with Crippen LogP contribution in [-0.4, -0.2) is 105 Å². The molecule has 0 saturated carbocycles. The van der Waals surface area contributed by atoms with Gasteiger partial charge in [0.25, 0.3) is 0 Å². The third-order valence-corrected chi connectivity index (χ3v) is 17.0. The van der Waals surface area contributed by atoms with E-state index in [0.717, 1.165) is 120 Å². The van der Waals surface area contributed by atoms with Crippen molar-refractivity contribution in [1.82, 2.24) is 35.4 Å². The van der Waals surface area contributed by atoms with E-state index >= 15 is 0 Å². The number of unbranched alkanes of at least 4 members (excludes halogenated alkanes) is 1. The van der Waals surface area contributed by atoms with Gasteiger partial charge in [-0.15, -0.1) is 0 Å². The molecule has 1 aliphatic heterocycles. The molecule has 2 atom stereocenters. The topological polar surface area (TPSA) is 250 Å². The largest absolute Gasteiger partial charge is 0.497 e. The molecule has 0 spiro atoms. The predicted octanol–water partition coefficient (Wildman–Crippen LogP) is 12.6. The molecule has 12 aromatic rings. The minimum absolute atomic E-state index is 0.230. The van der Waals surface area contributed by atoms with Crippen molar-refractivity contribution in [3.63, 3.8) is 0 Å². The zero-order valence-corrected chi connectivity index (χ0v) is 50.1. The molecular formula is C65H57N10O9S3+. The molecule has 0 amide bonds. The lowest BCUT2D eigenvalue weighted by molar-refractivity contribution is -0.546. The number of carboxylic acid groups (broad SMARTS) is 3. The van der Waals surface area contributed by atoms with Crippen molar-refractivity contribution in [1.29, 1.82) is 0 Å². The van der Waals surface area contributed by atoms with E-state index in [0.29, 0.717) is 53.8 Å². The first kappa shape index (κ1) is 58.9. The van der Waals surface area contributed by atoms with Crippen molar-refractivity contribution < 1.29 is 48.7 Å². The van der Waals surface area contributed by atoms with E-state index in [-0.39, 0.29) is 11.6 Å². The number of carbonyl (C=O) groups is 4. The Hall–Kier alpha value is -9.90. The molecule has 13 rings (SSSR count). The number of aromatic carboxylic acids is 1. The molecule has 2 unspecified atom stereocenters. The molecule has 7 aromatic carbocycles. The molecule has 1 aliphatic rings. The minimum atomic E-state index is -0.970. The smallest absolute Gasteiger partial charge is 0.399 e. The Morgan fingerprint density at radius 1 is 0.632 bits per heavy atom. The molecule has 5 aromatic heterocycles. The van der Waals surface area contributed by atoms with Crippen molar-refractivity contribution >= 4 is 126 Å². The number of benzene rings is 7. The fourth-order valence-electron chi connectivity index (χ4n) is 11.0. The summed E-state index contributed by atoms with van der Waals surface area (Å²) in [7, 11) is 4.92. The summed E-state index contributed by atoms with van der Waals surface area (Å²) in [4.78, 5) is 48.1. The third-order valence-electron chi connectivity index (χ3n) is 15.3. The summed E-state index contributed by atoms with van der Waals surface area (Å²) in [6, 6.07) is 49.4. The van der Waals surface area contributed by atoms with E-state index in [9.17, 15) is 34.5 Å². The van der Waals surface area contributed by atoms with E-state index in [2.05, 4.69) is 48.5 Å². The van der Waals surface area contributed by atoms with Crippen LogP contribution in [0.2, 0.25) is 0 Å². The number of carbonyl (C=O) groups excluding carboxylic acids is 1. The second-order valence-electron chi connectivity index (χ2n) is 20.8. The van der Waals surface area contributed by atoms with Gasteiger partial charge in [-0.1, -0.05) is 109 Å². The maximum atomic E-state index is 12.7. The Kier molecular flexibility index (Phi) is 17.7. The number of hydrogen-bond donors (Lipinski definition) is 3.